The van der Waals surface area contributed by atoms with Crippen LogP contribution in [0.2, 0.25) is 0 Å². The van der Waals surface area contributed by atoms with Gasteiger partial charge in [-0.25, -0.2) is 9.37 Å². The minimum absolute atomic E-state index is 0.196. The first-order valence-electron chi connectivity index (χ1n) is 5.26. The van der Waals surface area contributed by atoms with Gasteiger partial charge in [0.2, 0.25) is 0 Å². The summed E-state index contributed by atoms with van der Waals surface area (Å²) >= 11 is 3.18. The number of imidazole rings is 1. The van der Waals surface area contributed by atoms with Crippen molar-refractivity contribution in [2.24, 2.45) is 0 Å². The molecule has 0 fully saturated rings. The first-order valence-corrected chi connectivity index (χ1v) is 6.06. The fourth-order valence-corrected chi connectivity index (χ4v) is 2.07. The van der Waals surface area contributed by atoms with Crippen LogP contribution in [-0.4, -0.2) is 27.8 Å². The molecule has 2 rings (SSSR count). The van der Waals surface area contributed by atoms with E-state index in [4.69, 9.17) is 0 Å². The molecule has 0 aliphatic carbocycles. The van der Waals surface area contributed by atoms with Crippen LogP contribution in [0, 0.1) is 5.82 Å². The smallest absolute Gasteiger partial charge is 0.255 e. The third-order valence-electron chi connectivity index (χ3n) is 2.45. The predicted octanol–water partition coefficient (Wildman–Crippen LogP) is 2.58. The lowest BCUT2D eigenvalue weighted by Gasteiger charge is -2.16. The van der Waals surface area contributed by atoms with Gasteiger partial charge in [0.05, 0.1) is 12.1 Å². The van der Waals surface area contributed by atoms with E-state index >= 15 is 0 Å². The number of H-pyrrole nitrogens is 1. The molecule has 0 saturated carbocycles. The molecule has 0 saturated heterocycles. The van der Waals surface area contributed by atoms with Gasteiger partial charge < -0.3 is 9.88 Å². The molecule has 18 heavy (non-hydrogen) atoms. The van der Waals surface area contributed by atoms with Crippen molar-refractivity contribution in [1.82, 2.24) is 14.9 Å². The molecule has 1 aromatic carbocycles. The van der Waals surface area contributed by atoms with Crippen molar-refractivity contribution in [1.29, 1.82) is 0 Å². The van der Waals surface area contributed by atoms with Gasteiger partial charge in [0.15, 0.2) is 0 Å². The first kappa shape index (κ1) is 12.8. The molecule has 1 heterocycles. The Kier molecular flexibility index (Phi) is 3.76. The van der Waals surface area contributed by atoms with E-state index in [1.165, 1.54) is 23.1 Å². The summed E-state index contributed by atoms with van der Waals surface area (Å²) in [5, 5.41) is 0. The highest BCUT2D eigenvalue weighted by molar-refractivity contribution is 9.10. The summed E-state index contributed by atoms with van der Waals surface area (Å²) in [5.74, 6) is 0.120. The maximum Gasteiger partial charge on any atom is 0.255 e. The number of aromatic amines is 1. The van der Waals surface area contributed by atoms with E-state index in [1.807, 2.05) is 0 Å². The largest absolute Gasteiger partial charge is 0.347 e. The maximum atomic E-state index is 12.9. The van der Waals surface area contributed by atoms with Crippen molar-refractivity contribution >= 4 is 21.8 Å². The zero-order chi connectivity index (χ0) is 13.1. The summed E-state index contributed by atoms with van der Waals surface area (Å²) < 4.78 is 13.4. The molecule has 4 nitrogen and oxygen atoms in total. The fourth-order valence-electron chi connectivity index (χ4n) is 1.55. The molecule has 1 aromatic heterocycles. The number of carbonyl (C=O) groups is 1. The molecule has 0 bridgehead atoms. The SMILES string of the molecule is CN(Cc1ncc[nH]1)C(=O)c1ccc(F)cc1Br. The Morgan fingerprint density at radius 2 is 2.33 bits per heavy atom. The Bertz CT molecular complexity index is 556. The predicted molar refractivity (Wildman–Crippen MR) is 68.5 cm³/mol. The van der Waals surface area contributed by atoms with Gasteiger partial charge in [-0.05, 0) is 34.1 Å². The van der Waals surface area contributed by atoms with E-state index in [9.17, 15) is 9.18 Å². The topological polar surface area (TPSA) is 49.0 Å². The van der Waals surface area contributed by atoms with Gasteiger partial charge in [0.25, 0.3) is 5.91 Å². The van der Waals surface area contributed by atoms with Gasteiger partial charge in [-0.3, -0.25) is 4.79 Å². The van der Waals surface area contributed by atoms with E-state index in [0.717, 1.165) is 0 Å². The Morgan fingerprint density at radius 3 is 2.94 bits per heavy atom. The van der Waals surface area contributed by atoms with Crippen molar-refractivity contribution in [2.75, 3.05) is 7.05 Å². The third kappa shape index (κ3) is 2.76. The molecule has 0 unspecified atom stereocenters. The highest BCUT2D eigenvalue weighted by atomic mass is 79.9. The summed E-state index contributed by atoms with van der Waals surface area (Å²) in [4.78, 5) is 20.6. The second kappa shape index (κ2) is 5.30. The van der Waals surface area contributed by atoms with Crippen molar-refractivity contribution < 1.29 is 9.18 Å². The Labute approximate surface area is 112 Å². The van der Waals surface area contributed by atoms with Crippen molar-refractivity contribution in [3.63, 3.8) is 0 Å². The summed E-state index contributed by atoms with van der Waals surface area (Å²) in [6, 6.07) is 3.99. The van der Waals surface area contributed by atoms with Crippen LogP contribution in [0.3, 0.4) is 0 Å². The average Bonchev–Trinajstić information content (AvgIpc) is 2.81. The number of halogens is 2. The van der Waals surface area contributed by atoms with Crippen LogP contribution < -0.4 is 0 Å². The number of hydrogen-bond acceptors (Lipinski definition) is 2. The van der Waals surface area contributed by atoms with E-state index in [1.54, 1.807) is 19.4 Å². The van der Waals surface area contributed by atoms with Crippen LogP contribution in [0.4, 0.5) is 4.39 Å². The van der Waals surface area contributed by atoms with Gasteiger partial charge in [-0.15, -0.1) is 0 Å². The van der Waals surface area contributed by atoms with Gasteiger partial charge in [0, 0.05) is 23.9 Å². The Balaban J connectivity index is 2.15. The van der Waals surface area contributed by atoms with Crippen molar-refractivity contribution in [3.05, 3.63) is 52.3 Å². The van der Waals surface area contributed by atoms with E-state index in [2.05, 4.69) is 25.9 Å². The number of rotatable bonds is 3. The summed E-state index contributed by atoms with van der Waals surface area (Å²) in [5.41, 5.74) is 0.422. The lowest BCUT2D eigenvalue weighted by molar-refractivity contribution is 0.0781. The zero-order valence-corrected chi connectivity index (χ0v) is 11.2. The number of carbonyl (C=O) groups excluding carboxylic acids is 1. The maximum absolute atomic E-state index is 12.9. The molecule has 94 valence electrons. The molecular formula is C12H11BrFN3O. The van der Waals surface area contributed by atoms with Gasteiger partial charge in [-0.1, -0.05) is 0 Å². The highest BCUT2D eigenvalue weighted by Crippen LogP contribution is 2.19. The Morgan fingerprint density at radius 1 is 1.56 bits per heavy atom. The molecule has 0 atom stereocenters. The molecule has 1 amide bonds. The van der Waals surface area contributed by atoms with E-state index in [-0.39, 0.29) is 11.7 Å². The van der Waals surface area contributed by atoms with Gasteiger partial charge in [0.1, 0.15) is 11.6 Å². The minimum atomic E-state index is -0.382. The Hall–Kier alpha value is -1.69. The lowest BCUT2D eigenvalue weighted by Crippen LogP contribution is -2.27. The van der Waals surface area contributed by atoms with Crippen LogP contribution >= 0.6 is 15.9 Å². The van der Waals surface area contributed by atoms with Crippen LogP contribution in [0.1, 0.15) is 16.2 Å². The fraction of sp³-hybridized carbons (Fsp3) is 0.167. The zero-order valence-electron chi connectivity index (χ0n) is 9.65. The molecule has 6 heteroatoms. The number of benzene rings is 1. The summed E-state index contributed by atoms with van der Waals surface area (Å²) in [7, 11) is 1.67. The second-order valence-corrected chi connectivity index (χ2v) is 4.68. The van der Waals surface area contributed by atoms with Crippen LogP contribution in [0.5, 0.6) is 0 Å². The normalized spacial score (nSPS) is 10.4. The number of nitrogens with one attached hydrogen (secondary N) is 1. The molecule has 0 aliphatic rings. The van der Waals surface area contributed by atoms with Crippen LogP contribution in [-0.2, 0) is 6.54 Å². The lowest BCUT2D eigenvalue weighted by atomic mass is 10.2. The highest BCUT2D eigenvalue weighted by Gasteiger charge is 2.16. The quantitative estimate of drug-likeness (QED) is 0.947. The first-order chi connectivity index (χ1) is 8.58. The monoisotopic (exact) mass is 311 g/mol. The molecule has 0 spiro atoms. The van der Waals surface area contributed by atoms with Crippen LogP contribution in [0.25, 0.3) is 0 Å². The van der Waals surface area contributed by atoms with Crippen molar-refractivity contribution in [2.45, 2.75) is 6.54 Å². The number of nitrogens with zero attached hydrogens (tertiary/aromatic N) is 2. The number of aromatic nitrogens is 2. The second-order valence-electron chi connectivity index (χ2n) is 3.82. The molecule has 0 aliphatic heterocycles. The molecular weight excluding hydrogens is 301 g/mol. The molecule has 0 radical (unpaired) electrons. The average molecular weight is 312 g/mol. The van der Waals surface area contributed by atoms with Gasteiger partial charge >= 0.3 is 0 Å². The molecule has 2 aromatic rings. The number of amides is 1. The van der Waals surface area contributed by atoms with Crippen LogP contribution in [0.15, 0.2) is 35.1 Å². The molecule has 1 N–H and O–H groups in total. The van der Waals surface area contributed by atoms with Gasteiger partial charge in [-0.2, -0.15) is 0 Å². The standard InChI is InChI=1S/C12H11BrFN3O/c1-17(7-11-15-4-5-16-11)12(18)9-3-2-8(14)6-10(9)13/h2-6H,7H2,1H3,(H,15,16). The number of hydrogen-bond donors (Lipinski definition) is 1. The van der Waals surface area contributed by atoms with Crippen molar-refractivity contribution in [3.8, 4) is 0 Å². The minimum Gasteiger partial charge on any atom is -0.347 e. The van der Waals surface area contributed by atoms with E-state index in [0.29, 0.717) is 22.4 Å². The third-order valence-corrected chi connectivity index (χ3v) is 3.11. The summed E-state index contributed by atoms with van der Waals surface area (Å²) in [6.45, 7) is 0.371. The van der Waals surface area contributed by atoms with E-state index < -0.39 is 0 Å². The summed E-state index contributed by atoms with van der Waals surface area (Å²) in [6.07, 6.45) is 3.32.